The highest BCUT2D eigenvalue weighted by molar-refractivity contribution is 14.1. The predicted octanol–water partition coefficient (Wildman–Crippen LogP) is 1.93. The maximum atomic E-state index is 12.0. The molecule has 0 aliphatic rings. The van der Waals surface area contributed by atoms with Crippen molar-refractivity contribution in [3.05, 3.63) is 55.8 Å². The molecule has 7 heteroatoms. The van der Waals surface area contributed by atoms with Crippen LogP contribution in [0.5, 0.6) is 5.75 Å². The number of aromatic carboxylic acids is 1. The number of hydrogen-bond acceptors (Lipinski definition) is 4. The van der Waals surface area contributed by atoms with E-state index in [0.717, 1.165) is 0 Å². The van der Waals surface area contributed by atoms with Crippen molar-refractivity contribution in [3.63, 3.8) is 0 Å². The Morgan fingerprint density at radius 3 is 2.86 bits per heavy atom. The van der Waals surface area contributed by atoms with E-state index in [9.17, 15) is 9.59 Å². The topological polar surface area (TPSA) is 81.4 Å². The predicted molar refractivity (Wildman–Crippen MR) is 84.8 cm³/mol. The van der Waals surface area contributed by atoms with Crippen LogP contribution in [0, 0.1) is 10.5 Å². The summed E-state index contributed by atoms with van der Waals surface area (Å²) in [4.78, 5) is 27.1. The SMILES string of the molecule is Cc1ncn(CCOc2ccccc2C(=O)O)c(=O)c1I. The number of nitrogens with zero attached hydrogens (tertiary/aromatic N) is 2. The average Bonchev–Trinajstić information content (AvgIpc) is 2.47. The van der Waals surface area contributed by atoms with Crippen molar-refractivity contribution in [2.75, 3.05) is 6.61 Å². The Morgan fingerprint density at radius 1 is 1.43 bits per heavy atom. The number of carboxylic acids is 1. The molecule has 110 valence electrons. The van der Waals surface area contributed by atoms with Crippen LogP contribution in [0.3, 0.4) is 0 Å². The molecule has 0 aliphatic carbocycles. The zero-order valence-electron chi connectivity index (χ0n) is 11.2. The monoisotopic (exact) mass is 400 g/mol. The molecule has 0 bridgehead atoms. The lowest BCUT2D eigenvalue weighted by molar-refractivity contribution is 0.0692. The maximum absolute atomic E-state index is 12.0. The van der Waals surface area contributed by atoms with Gasteiger partial charge in [-0.2, -0.15) is 0 Å². The van der Waals surface area contributed by atoms with E-state index >= 15 is 0 Å². The number of hydrogen-bond donors (Lipinski definition) is 1. The van der Waals surface area contributed by atoms with Gasteiger partial charge in [-0.3, -0.25) is 9.36 Å². The Bertz CT molecular complexity index is 727. The molecule has 0 amide bonds. The lowest BCUT2D eigenvalue weighted by atomic mass is 10.2. The minimum absolute atomic E-state index is 0.0986. The van der Waals surface area contributed by atoms with Crippen LogP contribution in [0.4, 0.5) is 0 Å². The highest BCUT2D eigenvalue weighted by Crippen LogP contribution is 2.17. The third-order valence-electron chi connectivity index (χ3n) is 2.86. The van der Waals surface area contributed by atoms with Gasteiger partial charge in [0, 0.05) is 0 Å². The Balaban J connectivity index is 2.08. The van der Waals surface area contributed by atoms with Crippen LogP contribution in [0.25, 0.3) is 0 Å². The summed E-state index contributed by atoms with van der Waals surface area (Å²) in [5, 5.41) is 9.05. The van der Waals surface area contributed by atoms with Gasteiger partial charge in [-0.1, -0.05) is 12.1 Å². The van der Waals surface area contributed by atoms with Gasteiger partial charge in [0.15, 0.2) is 0 Å². The van der Waals surface area contributed by atoms with Crippen LogP contribution in [0.2, 0.25) is 0 Å². The van der Waals surface area contributed by atoms with Crippen molar-refractivity contribution in [1.29, 1.82) is 0 Å². The lowest BCUT2D eigenvalue weighted by Crippen LogP contribution is -2.26. The summed E-state index contributed by atoms with van der Waals surface area (Å²) in [5.41, 5.74) is 0.661. The van der Waals surface area contributed by atoms with Crippen LogP contribution >= 0.6 is 22.6 Å². The van der Waals surface area contributed by atoms with E-state index < -0.39 is 5.97 Å². The van der Waals surface area contributed by atoms with E-state index in [1.807, 2.05) is 22.6 Å². The smallest absolute Gasteiger partial charge is 0.339 e. The van der Waals surface area contributed by atoms with Gasteiger partial charge in [-0.05, 0) is 41.6 Å². The molecule has 2 aromatic rings. The summed E-state index contributed by atoms with van der Waals surface area (Å²) < 4.78 is 7.47. The molecule has 0 unspecified atom stereocenters. The van der Waals surface area contributed by atoms with Crippen LogP contribution in [-0.4, -0.2) is 27.2 Å². The fourth-order valence-corrected chi connectivity index (χ4v) is 2.18. The summed E-state index contributed by atoms with van der Waals surface area (Å²) in [5.74, 6) is -0.762. The molecule has 0 saturated heterocycles. The van der Waals surface area contributed by atoms with E-state index in [4.69, 9.17) is 9.84 Å². The summed E-state index contributed by atoms with van der Waals surface area (Å²) in [6.45, 7) is 2.26. The summed E-state index contributed by atoms with van der Waals surface area (Å²) in [7, 11) is 0. The second kappa shape index (κ2) is 6.70. The zero-order valence-corrected chi connectivity index (χ0v) is 13.4. The first kappa shape index (κ1) is 15.5. The first-order chi connectivity index (χ1) is 10.0. The van der Waals surface area contributed by atoms with E-state index in [2.05, 4.69) is 4.98 Å². The summed E-state index contributed by atoms with van der Waals surface area (Å²) in [6, 6.07) is 6.39. The molecule has 0 radical (unpaired) electrons. The van der Waals surface area contributed by atoms with Crippen molar-refractivity contribution in [2.24, 2.45) is 0 Å². The molecule has 0 spiro atoms. The average molecular weight is 400 g/mol. The molecular weight excluding hydrogens is 387 g/mol. The minimum Gasteiger partial charge on any atom is -0.491 e. The second-order valence-electron chi connectivity index (χ2n) is 4.29. The summed E-state index contributed by atoms with van der Waals surface area (Å²) in [6.07, 6.45) is 1.46. The molecule has 1 aromatic carbocycles. The van der Waals surface area contributed by atoms with E-state index in [1.165, 1.54) is 17.0 Å². The first-order valence-corrected chi connectivity index (χ1v) is 7.25. The standard InChI is InChI=1S/C14H13IN2O4/c1-9-12(15)13(18)17(8-16-9)6-7-21-11-5-3-2-4-10(11)14(19)20/h2-5,8H,6-7H2,1H3,(H,19,20). The number of para-hydroxylation sites is 1. The Morgan fingerprint density at radius 2 is 2.14 bits per heavy atom. The van der Waals surface area contributed by atoms with Crippen LogP contribution < -0.4 is 10.3 Å². The van der Waals surface area contributed by atoms with Crippen molar-refractivity contribution in [2.45, 2.75) is 13.5 Å². The Labute approximate surface area is 134 Å². The van der Waals surface area contributed by atoms with Gasteiger partial charge in [0.1, 0.15) is 17.9 Å². The first-order valence-electron chi connectivity index (χ1n) is 6.17. The normalized spacial score (nSPS) is 10.4. The molecule has 0 aliphatic heterocycles. The van der Waals surface area contributed by atoms with Gasteiger partial charge in [-0.25, -0.2) is 9.78 Å². The molecule has 2 rings (SSSR count). The van der Waals surface area contributed by atoms with Gasteiger partial charge < -0.3 is 9.84 Å². The van der Waals surface area contributed by atoms with Crippen molar-refractivity contribution in [3.8, 4) is 5.75 Å². The number of carbonyl (C=O) groups is 1. The van der Waals surface area contributed by atoms with Gasteiger partial charge in [0.05, 0.1) is 22.1 Å². The van der Waals surface area contributed by atoms with Gasteiger partial charge >= 0.3 is 5.97 Å². The fourth-order valence-electron chi connectivity index (χ4n) is 1.73. The number of aryl methyl sites for hydroxylation is 1. The highest BCUT2D eigenvalue weighted by Gasteiger charge is 2.10. The fraction of sp³-hybridized carbons (Fsp3) is 0.214. The van der Waals surface area contributed by atoms with E-state index in [-0.39, 0.29) is 23.5 Å². The second-order valence-corrected chi connectivity index (χ2v) is 5.37. The van der Waals surface area contributed by atoms with E-state index in [0.29, 0.717) is 15.8 Å². The molecule has 6 nitrogen and oxygen atoms in total. The summed E-state index contributed by atoms with van der Waals surface area (Å²) >= 11 is 1.96. The van der Waals surface area contributed by atoms with Crippen LogP contribution in [0.15, 0.2) is 35.4 Å². The number of ether oxygens (including phenoxy) is 1. The molecule has 1 heterocycles. The molecular formula is C14H13IN2O4. The van der Waals surface area contributed by atoms with Gasteiger partial charge in [0.2, 0.25) is 0 Å². The van der Waals surface area contributed by atoms with Crippen LogP contribution in [-0.2, 0) is 6.54 Å². The molecule has 0 saturated carbocycles. The molecule has 1 N–H and O–H groups in total. The quantitative estimate of drug-likeness (QED) is 0.776. The van der Waals surface area contributed by atoms with Crippen molar-refractivity contribution < 1.29 is 14.6 Å². The Hall–Kier alpha value is -1.90. The van der Waals surface area contributed by atoms with E-state index in [1.54, 1.807) is 25.1 Å². The molecule has 1 aromatic heterocycles. The number of halogens is 1. The number of carboxylic acid groups (broad SMARTS) is 1. The van der Waals surface area contributed by atoms with Crippen LogP contribution in [0.1, 0.15) is 16.1 Å². The highest BCUT2D eigenvalue weighted by atomic mass is 127. The maximum Gasteiger partial charge on any atom is 0.339 e. The third-order valence-corrected chi connectivity index (χ3v) is 4.11. The number of rotatable bonds is 5. The lowest BCUT2D eigenvalue weighted by Gasteiger charge is -2.10. The third kappa shape index (κ3) is 3.60. The largest absolute Gasteiger partial charge is 0.491 e. The molecule has 21 heavy (non-hydrogen) atoms. The number of aromatic nitrogens is 2. The zero-order chi connectivity index (χ0) is 15.4. The van der Waals surface area contributed by atoms with Gasteiger partial charge in [0.25, 0.3) is 5.56 Å². The Kier molecular flexibility index (Phi) is 4.94. The van der Waals surface area contributed by atoms with Crippen molar-refractivity contribution >= 4 is 28.6 Å². The minimum atomic E-state index is -1.05. The molecule has 0 fully saturated rings. The molecule has 0 atom stereocenters. The number of benzene rings is 1. The van der Waals surface area contributed by atoms with Crippen molar-refractivity contribution in [1.82, 2.24) is 9.55 Å². The van der Waals surface area contributed by atoms with Gasteiger partial charge in [-0.15, -0.1) is 0 Å².